The first-order chi connectivity index (χ1) is 30.2. The number of aromatic nitrogens is 3. The van der Waals surface area contributed by atoms with Crippen molar-refractivity contribution in [3.05, 3.63) is 51.6 Å². The number of hydrogen-bond acceptors (Lipinski definition) is 11. The normalized spacial score (nSPS) is 25.8. The van der Waals surface area contributed by atoms with Crippen LogP contribution in [-0.2, 0) is 49.7 Å². The predicted molar refractivity (Wildman–Crippen MR) is 238 cm³/mol. The van der Waals surface area contributed by atoms with Gasteiger partial charge in [0.05, 0.1) is 58.7 Å². The fraction of sp³-hybridized carbons (Fsp3) is 0.596. The third kappa shape index (κ3) is 8.72. The van der Waals surface area contributed by atoms with Crippen LogP contribution in [0.15, 0.2) is 29.8 Å². The van der Waals surface area contributed by atoms with E-state index in [0.29, 0.717) is 52.0 Å². The first-order valence-corrected chi connectivity index (χ1v) is 23.5. The van der Waals surface area contributed by atoms with E-state index >= 15 is 0 Å². The number of rotatable bonds is 8. The van der Waals surface area contributed by atoms with Crippen LogP contribution in [0, 0.1) is 23.2 Å². The first-order valence-electron chi connectivity index (χ1n) is 22.7. The van der Waals surface area contributed by atoms with E-state index < -0.39 is 29.9 Å². The Bertz CT molecular complexity index is 2390. The fourth-order valence-corrected chi connectivity index (χ4v) is 11.1. The Kier molecular flexibility index (Phi) is 12.1. The molecular formula is C47H60F2N8O5S. The van der Waals surface area contributed by atoms with Gasteiger partial charge in [0.25, 0.3) is 12.3 Å². The maximum Gasteiger partial charge on any atom is 0.324 e. The van der Waals surface area contributed by atoms with E-state index in [-0.39, 0.29) is 55.2 Å². The van der Waals surface area contributed by atoms with Gasteiger partial charge in [0, 0.05) is 86.0 Å². The average Bonchev–Trinajstić information content (AvgIpc) is 3.53. The van der Waals surface area contributed by atoms with Crippen molar-refractivity contribution in [2.24, 2.45) is 23.2 Å². The molecule has 5 aliphatic rings. The quantitative estimate of drug-likeness (QED) is 0.191. The number of esters is 1. The molecule has 4 aliphatic heterocycles. The number of halogens is 2. The number of fused-ring (bicyclic) bond motifs is 6. The lowest BCUT2D eigenvalue weighted by Crippen LogP contribution is -2.60. The summed E-state index contributed by atoms with van der Waals surface area (Å²) in [4.78, 5) is 56.0. The van der Waals surface area contributed by atoms with E-state index in [1.807, 2.05) is 23.4 Å². The molecule has 2 saturated heterocycles. The number of thiazole rings is 1. The zero-order valence-corrected chi connectivity index (χ0v) is 38.0. The molecule has 1 aromatic carbocycles. The number of carbonyl (C=O) groups is 3. The van der Waals surface area contributed by atoms with Gasteiger partial charge in [-0.25, -0.2) is 19.2 Å². The second-order valence-electron chi connectivity index (χ2n) is 19.2. The zero-order chi connectivity index (χ0) is 44.3. The Balaban J connectivity index is 1.17. The molecular weight excluding hydrogens is 827 g/mol. The van der Waals surface area contributed by atoms with Gasteiger partial charge in [0.1, 0.15) is 12.1 Å². The minimum atomic E-state index is -2.37. The van der Waals surface area contributed by atoms with Crippen molar-refractivity contribution >= 4 is 45.7 Å². The van der Waals surface area contributed by atoms with Crippen LogP contribution < -0.4 is 15.6 Å². The molecule has 3 aromatic heterocycles. The Morgan fingerprint density at radius 1 is 1.08 bits per heavy atom. The van der Waals surface area contributed by atoms with Gasteiger partial charge in [-0.1, -0.05) is 27.7 Å². The second-order valence-corrected chi connectivity index (χ2v) is 20.1. The number of anilines is 1. The van der Waals surface area contributed by atoms with Crippen LogP contribution >= 0.6 is 11.3 Å². The van der Waals surface area contributed by atoms with Crippen LogP contribution in [0.3, 0.4) is 0 Å². The third-order valence-corrected chi connectivity index (χ3v) is 15.0. The molecule has 16 heteroatoms. The smallest absolute Gasteiger partial charge is 0.324 e. The first kappa shape index (κ1) is 43.7. The average molecular weight is 887 g/mol. The highest BCUT2D eigenvalue weighted by Crippen LogP contribution is 2.47. The maximum absolute atomic E-state index is 14.3. The molecule has 1 aliphatic carbocycles. The summed E-state index contributed by atoms with van der Waals surface area (Å²) in [6.45, 7) is 13.8. The molecule has 9 rings (SSSR count). The van der Waals surface area contributed by atoms with Crippen LogP contribution in [0.25, 0.3) is 33.4 Å². The fourth-order valence-electron chi connectivity index (χ4n) is 10.3. The van der Waals surface area contributed by atoms with Crippen LogP contribution in [0.1, 0.15) is 81.8 Å². The molecule has 7 heterocycles. The topological polar surface area (TPSA) is 134 Å². The molecule has 6 atom stereocenters. The van der Waals surface area contributed by atoms with Crippen molar-refractivity contribution in [3.63, 3.8) is 0 Å². The van der Waals surface area contributed by atoms with Crippen molar-refractivity contribution in [2.45, 2.75) is 104 Å². The largest absolute Gasteiger partial charge is 0.464 e. The van der Waals surface area contributed by atoms with E-state index in [1.54, 1.807) is 7.11 Å². The second kappa shape index (κ2) is 17.5. The standard InChI is InChI=1S/C47H60F2N8O5S/c1-26-27(2)40(26)44(58)52-36-20-39-51-37(24-63-39)30-17-29-9-7-11-56-42(29)32(18-30)34(21-47(4,5)25-62-46(60)35-10-8-12-57(53-35)45(36)59)43(56)33-19-31(22-50-41(33)28(3)61-6)55-15-13-54(14-16-55)23-38(48)49/h17-19,22,24,26-28,35-36,38,40,53H,7-16,20-21,23,25H2,1-6H3,(H,52,58)/t26-,27+,28-,35-,36-,40?/m0/s1. The Hall–Kier alpha value is -4.51. The number of aryl methyl sites for hydroxylation is 2. The number of methoxy groups -OCH3 is 1. The van der Waals surface area contributed by atoms with Gasteiger partial charge in [-0.3, -0.25) is 29.3 Å². The SMILES string of the molecule is CO[C@@H](C)c1ncc(N2CCN(CC(F)F)CC2)cc1-c1c2c3cc(cc4c3n1CCC4)-c1csc(n1)C[C@H](NC(=O)C1[C@@H](C)[C@H]1C)C(=O)N1CCC[C@H](N1)C(=O)OCC(C)(C)C2. The predicted octanol–water partition coefficient (Wildman–Crippen LogP) is 6.42. The number of cyclic esters (lactones) is 1. The summed E-state index contributed by atoms with van der Waals surface area (Å²) in [7, 11) is 1.69. The van der Waals surface area contributed by atoms with Crippen LogP contribution in [0.4, 0.5) is 14.5 Å². The third-order valence-electron chi connectivity index (χ3n) is 14.2. The number of benzene rings is 1. The monoisotopic (exact) mass is 886 g/mol. The van der Waals surface area contributed by atoms with Gasteiger partial charge in [0.15, 0.2) is 0 Å². The lowest BCUT2D eigenvalue weighted by Gasteiger charge is -2.36. The van der Waals surface area contributed by atoms with Gasteiger partial charge in [-0.15, -0.1) is 11.3 Å². The summed E-state index contributed by atoms with van der Waals surface area (Å²) in [5.74, 6) is -0.487. The lowest BCUT2D eigenvalue weighted by atomic mass is 9.84. The van der Waals surface area contributed by atoms with E-state index in [9.17, 15) is 23.2 Å². The Labute approximate surface area is 371 Å². The summed E-state index contributed by atoms with van der Waals surface area (Å²) in [6, 6.07) is 5.11. The van der Waals surface area contributed by atoms with Gasteiger partial charge in [0.2, 0.25) is 5.91 Å². The van der Waals surface area contributed by atoms with Gasteiger partial charge in [-0.2, -0.15) is 0 Å². The van der Waals surface area contributed by atoms with Crippen molar-refractivity contribution in [1.82, 2.24) is 35.2 Å². The summed E-state index contributed by atoms with van der Waals surface area (Å²) >= 11 is 1.48. The van der Waals surface area contributed by atoms with Crippen molar-refractivity contribution < 1.29 is 32.6 Å². The Morgan fingerprint density at radius 3 is 2.59 bits per heavy atom. The van der Waals surface area contributed by atoms with Crippen molar-refractivity contribution in [3.8, 4) is 22.5 Å². The summed E-state index contributed by atoms with van der Waals surface area (Å²) < 4.78 is 41.1. The molecule has 0 spiro atoms. The van der Waals surface area contributed by atoms with Gasteiger partial charge < -0.3 is 24.3 Å². The van der Waals surface area contributed by atoms with Crippen LogP contribution in [-0.4, -0.2) is 114 Å². The summed E-state index contributed by atoms with van der Waals surface area (Å²) in [5.41, 5.74) is 11.7. The molecule has 13 nitrogen and oxygen atoms in total. The molecule has 338 valence electrons. The number of nitrogens with one attached hydrogen (secondary N) is 2. The number of piperazine rings is 1. The number of hydrogen-bond donors (Lipinski definition) is 2. The molecule has 1 saturated carbocycles. The number of ether oxygens (including phenoxy) is 2. The van der Waals surface area contributed by atoms with Crippen LogP contribution in [0.5, 0.6) is 0 Å². The van der Waals surface area contributed by atoms with Gasteiger partial charge >= 0.3 is 5.97 Å². The minimum Gasteiger partial charge on any atom is -0.464 e. The number of nitrogens with zero attached hydrogens (tertiary/aromatic N) is 6. The molecule has 4 aromatic rings. The number of pyridine rings is 1. The van der Waals surface area contributed by atoms with E-state index in [0.717, 1.165) is 74.8 Å². The lowest BCUT2D eigenvalue weighted by molar-refractivity contribution is -0.155. The highest BCUT2D eigenvalue weighted by molar-refractivity contribution is 7.10. The molecule has 6 bridgehead atoms. The molecule has 63 heavy (non-hydrogen) atoms. The van der Waals surface area contributed by atoms with Crippen molar-refractivity contribution in [1.29, 1.82) is 0 Å². The van der Waals surface area contributed by atoms with Gasteiger partial charge in [-0.05, 0) is 80.2 Å². The Morgan fingerprint density at radius 2 is 1.86 bits per heavy atom. The number of amides is 2. The summed E-state index contributed by atoms with van der Waals surface area (Å²) in [5, 5.41) is 8.46. The molecule has 2 N–H and O–H groups in total. The highest BCUT2D eigenvalue weighted by atomic mass is 32.1. The van der Waals surface area contributed by atoms with E-state index in [4.69, 9.17) is 19.4 Å². The van der Waals surface area contributed by atoms with E-state index in [1.165, 1.54) is 21.9 Å². The number of alkyl halides is 2. The van der Waals surface area contributed by atoms with Crippen LogP contribution in [0.2, 0.25) is 0 Å². The zero-order valence-electron chi connectivity index (χ0n) is 37.2. The highest BCUT2D eigenvalue weighted by Gasteiger charge is 2.49. The molecule has 0 radical (unpaired) electrons. The molecule has 3 fully saturated rings. The van der Waals surface area contributed by atoms with Crippen molar-refractivity contribution in [2.75, 3.05) is 57.9 Å². The summed E-state index contributed by atoms with van der Waals surface area (Å²) in [6.07, 6.45) is 2.92. The maximum atomic E-state index is 14.3. The number of carbonyl (C=O) groups excluding carboxylic acids is 3. The molecule has 1 unspecified atom stereocenters. The van der Waals surface area contributed by atoms with E-state index in [2.05, 4.69) is 66.1 Å². The number of hydrazine groups is 1. The minimum absolute atomic E-state index is 0.129. The molecule has 2 amide bonds.